The average Bonchev–Trinajstić information content (AvgIpc) is 2.48. The quantitative estimate of drug-likeness (QED) is 0.780. The number of thiocarbonyl (C=S) groups is 1. The van der Waals surface area contributed by atoms with Gasteiger partial charge in [0.1, 0.15) is 5.84 Å². The summed E-state index contributed by atoms with van der Waals surface area (Å²) < 4.78 is 0. The fraction of sp³-hybridized carbons (Fsp3) is 0.0667. The molecule has 0 aliphatic carbocycles. The normalized spacial score (nSPS) is 15.3. The van der Waals surface area contributed by atoms with E-state index in [1.807, 2.05) is 48.5 Å². The minimum Gasteiger partial charge on any atom is -0.342 e. The van der Waals surface area contributed by atoms with E-state index >= 15 is 0 Å². The first kappa shape index (κ1) is 13.1. The number of amidine groups is 1. The predicted molar refractivity (Wildman–Crippen MR) is 90.9 cm³/mol. The second-order valence-electron chi connectivity index (χ2n) is 4.26. The molecule has 20 heavy (non-hydrogen) atoms. The van der Waals surface area contributed by atoms with Crippen molar-refractivity contribution in [2.45, 2.75) is 4.90 Å². The van der Waals surface area contributed by atoms with Gasteiger partial charge in [-0.05, 0) is 36.5 Å². The molecule has 0 bridgehead atoms. The summed E-state index contributed by atoms with van der Waals surface area (Å²) in [6, 6.07) is 18.0. The van der Waals surface area contributed by atoms with Crippen LogP contribution in [0.1, 0.15) is 0 Å². The van der Waals surface area contributed by atoms with Gasteiger partial charge >= 0.3 is 0 Å². The van der Waals surface area contributed by atoms with E-state index in [1.54, 1.807) is 11.8 Å². The van der Waals surface area contributed by atoms with Crippen LogP contribution in [-0.4, -0.2) is 16.7 Å². The van der Waals surface area contributed by atoms with E-state index in [0.717, 1.165) is 23.0 Å². The number of hydrogen-bond acceptors (Lipinski definition) is 2. The van der Waals surface area contributed by atoms with Crippen LogP contribution in [0.25, 0.3) is 0 Å². The molecular weight excluding hydrogens is 286 g/mol. The number of benzene rings is 2. The van der Waals surface area contributed by atoms with Crippen molar-refractivity contribution in [3.63, 3.8) is 0 Å². The molecule has 0 saturated heterocycles. The monoisotopic (exact) mass is 299 g/mol. The van der Waals surface area contributed by atoms with Crippen LogP contribution in [0.5, 0.6) is 0 Å². The molecule has 0 unspecified atom stereocenters. The first-order valence-corrected chi connectivity index (χ1v) is 7.63. The lowest BCUT2D eigenvalue weighted by molar-refractivity contribution is 1.40. The molecular formula is C15H13N3S2. The van der Waals surface area contributed by atoms with Crippen LogP contribution in [-0.2, 0) is 0 Å². The Kier molecular flexibility index (Phi) is 3.99. The molecule has 0 atom stereocenters. The lowest BCUT2D eigenvalue weighted by Crippen LogP contribution is -2.22. The Morgan fingerprint density at radius 3 is 2.70 bits per heavy atom. The molecule has 0 spiro atoms. The molecule has 0 radical (unpaired) electrons. The van der Waals surface area contributed by atoms with Gasteiger partial charge < -0.3 is 10.6 Å². The first-order chi connectivity index (χ1) is 9.81. The second-order valence-corrected chi connectivity index (χ2v) is 5.67. The maximum absolute atomic E-state index is 5.27. The number of thioether (sulfide) groups is 1. The third-order valence-corrected chi connectivity index (χ3v) is 4.07. The summed E-state index contributed by atoms with van der Waals surface area (Å²) in [4.78, 5) is 5.68. The van der Waals surface area contributed by atoms with Gasteiger partial charge in [-0.2, -0.15) is 0 Å². The maximum atomic E-state index is 5.27. The van der Waals surface area contributed by atoms with E-state index in [1.165, 1.54) is 4.90 Å². The van der Waals surface area contributed by atoms with Gasteiger partial charge in [0.25, 0.3) is 0 Å². The molecule has 1 heterocycles. The lowest BCUT2D eigenvalue weighted by Gasteiger charge is -2.19. The van der Waals surface area contributed by atoms with Crippen LogP contribution in [0.15, 0.2) is 64.5 Å². The van der Waals surface area contributed by atoms with E-state index in [9.17, 15) is 0 Å². The van der Waals surface area contributed by atoms with Crippen molar-refractivity contribution >= 4 is 46.3 Å². The van der Waals surface area contributed by atoms with Crippen molar-refractivity contribution in [1.29, 1.82) is 0 Å². The highest BCUT2D eigenvalue weighted by Gasteiger charge is 2.13. The SMILES string of the molecule is S=C(N=C1CSc2ccccc2N1)Nc1ccccc1. The number of aliphatic imine (C=N–C) groups is 1. The van der Waals surface area contributed by atoms with Gasteiger partial charge in [0.15, 0.2) is 5.11 Å². The Labute approximate surface area is 127 Å². The summed E-state index contributed by atoms with van der Waals surface area (Å²) in [5.41, 5.74) is 2.04. The Bertz CT molecular complexity index is 653. The molecule has 2 N–H and O–H groups in total. The molecule has 2 aromatic rings. The summed E-state index contributed by atoms with van der Waals surface area (Å²) in [7, 11) is 0. The van der Waals surface area contributed by atoms with Gasteiger partial charge in [-0.1, -0.05) is 30.3 Å². The zero-order valence-corrected chi connectivity index (χ0v) is 12.3. The molecule has 3 nitrogen and oxygen atoms in total. The van der Waals surface area contributed by atoms with Crippen molar-refractivity contribution in [3.05, 3.63) is 54.6 Å². The van der Waals surface area contributed by atoms with Crippen LogP contribution in [0.2, 0.25) is 0 Å². The average molecular weight is 299 g/mol. The molecule has 1 aliphatic heterocycles. The number of anilines is 2. The minimum atomic E-state index is 0.471. The van der Waals surface area contributed by atoms with Crippen molar-refractivity contribution in [2.24, 2.45) is 4.99 Å². The molecule has 100 valence electrons. The number of para-hydroxylation sites is 2. The highest BCUT2D eigenvalue weighted by molar-refractivity contribution is 8.00. The van der Waals surface area contributed by atoms with E-state index in [4.69, 9.17) is 12.2 Å². The summed E-state index contributed by atoms with van der Waals surface area (Å²) in [6.07, 6.45) is 0. The Hall–Kier alpha value is -1.85. The molecule has 5 heteroatoms. The summed E-state index contributed by atoms with van der Waals surface area (Å²) in [6.45, 7) is 0. The molecule has 3 rings (SSSR count). The zero-order valence-electron chi connectivity index (χ0n) is 10.7. The smallest absolute Gasteiger partial charge is 0.198 e. The Balaban J connectivity index is 1.70. The van der Waals surface area contributed by atoms with Gasteiger partial charge in [0.05, 0.1) is 11.4 Å². The van der Waals surface area contributed by atoms with Crippen LogP contribution in [0.3, 0.4) is 0 Å². The van der Waals surface area contributed by atoms with Crippen LogP contribution in [0.4, 0.5) is 11.4 Å². The first-order valence-electron chi connectivity index (χ1n) is 6.24. The van der Waals surface area contributed by atoms with E-state index < -0.39 is 0 Å². The summed E-state index contributed by atoms with van der Waals surface area (Å²) >= 11 is 7.03. The van der Waals surface area contributed by atoms with Gasteiger partial charge in [0, 0.05) is 10.6 Å². The van der Waals surface area contributed by atoms with Crippen molar-refractivity contribution in [3.8, 4) is 0 Å². The molecule has 0 aromatic heterocycles. The fourth-order valence-electron chi connectivity index (χ4n) is 1.89. The van der Waals surface area contributed by atoms with Crippen molar-refractivity contribution in [2.75, 3.05) is 16.4 Å². The van der Waals surface area contributed by atoms with E-state index in [-0.39, 0.29) is 0 Å². The number of fused-ring (bicyclic) bond motifs is 1. The number of hydrogen-bond donors (Lipinski definition) is 2. The second kappa shape index (κ2) is 6.07. The molecule has 1 aliphatic rings. The fourth-order valence-corrected chi connectivity index (χ4v) is 3.00. The highest BCUT2D eigenvalue weighted by Crippen LogP contribution is 2.30. The molecule has 2 aromatic carbocycles. The summed E-state index contributed by atoms with van der Waals surface area (Å²) in [5.74, 6) is 1.68. The Morgan fingerprint density at radius 1 is 1.10 bits per heavy atom. The van der Waals surface area contributed by atoms with Crippen LogP contribution >= 0.6 is 24.0 Å². The number of nitrogens with one attached hydrogen (secondary N) is 2. The van der Waals surface area contributed by atoms with E-state index in [2.05, 4.69) is 21.7 Å². The van der Waals surface area contributed by atoms with Crippen molar-refractivity contribution in [1.82, 2.24) is 0 Å². The van der Waals surface area contributed by atoms with Gasteiger partial charge in [-0.25, -0.2) is 4.99 Å². The maximum Gasteiger partial charge on any atom is 0.198 e. The number of rotatable bonds is 1. The van der Waals surface area contributed by atoms with Crippen LogP contribution < -0.4 is 10.6 Å². The molecule has 0 amide bonds. The highest BCUT2D eigenvalue weighted by atomic mass is 32.2. The lowest BCUT2D eigenvalue weighted by atomic mass is 10.3. The minimum absolute atomic E-state index is 0.471. The topological polar surface area (TPSA) is 36.4 Å². The van der Waals surface area contributed by atoms with Gasteiger partial charge in [-0.15, -0.1) is 11.8 Å². The Morgan fingerprint density at radius 2 is 1.85 bits per heavy atom. The van der Waals surface area contributed by atoms with Crippen LogP contribution in [0, 0.1) is 0 Å². The third-order valence-electron chi connectivity index (χ3n) is 2.79. The van der Waals surface area contributed by atoms with Gasteiger partial charge in [-0.3, -0.25) is 0 Å². The predicted octanol–water partition coefficient (Wildman–Crippen LogP) is 4.00. The van der Waals surface area contributed by atoms with Crippen molar-refractivity contribution < 1.29 is 0 Å². The standard InChI is InChI=1S/C15H13N3S2/c19-15(16-11-6-2-1-3-7-11)18-14-10-20-13-9-5-4-8-12(13)17-14/h1-9H,10H2,(H2,16,17,18,19). The van der Waals surface area contributed by atoms with Gasteiger partial charge in [0.2, 0.25) is 0 Å². The van der Waals surface area contributed by atoms with E-state index in [0.29, 0.717) is 5.11 Å². The molecule has 0 fully saturated rings. The zero-order chi connectivity index (χ0) is 13.8. The number of nitrogens with zero attached hydrogens (tertiary/aromatic N) is 1. The largest absolute Gasteiger partial charge is 0.342 e. The summed E-state index contributed by atoms with van der Waals surface area (Å²) in [5, 5.41) is 6.89. The molecule has 0 saturated carbocycles. The third kappa shape index (κ3) is 3.18.